The van der Waals surface area contributed by atoms with Crippen molar-refractivity contribution in [3.05, 3.63) is 30.1 Å². The summed E-state index contributed by atoms with van der Waals surface area (Å²) in [6, 6.07) is 1.96. The number of carbonyl (C=O) groups excluding carboxylic acids is 2. The van der Waals surface area contributed by atoms with Crippen LogP contribution in [0.25, 0.3) is 10.8 Å². The summed E-state index contributed by atoms with van der Waals surface area (Å²) < 4.78 is 45.4. The lowest BCUT2D eigenvalue weighted by atomic mass is 10.1. The van der Waals surface area contributed by atoms with Crippen LogP contribution in [-0.2, 0) is 15.7 Å². The first-order chi connectivity index (χ1) is 13.9. The van der Waals surface area contributed by atoms with E-state index in [2.05, 4.69) is 20.8 Å². The molecule has 0 spiro atoms. The van der Waals surface area contributed by atoms with Gasteiger partial charge in [0.05, 0.1) is 36.2 Å². The van der Waals surface area contributed by atoms with E-state index in [1.165, 1.54) is 23.4 Å². The van der Waals surface area contributed by atoms with E-state index in [9.17, 15) is 22.8 Å². The van der Waals surface area contributed by atoms with Crippen LogP contribution in [0.15, 0.2) is 24.5 Å². The lowest BCUT2D eigenvalue weighted by Gasteiger charge is -2.40. The molecule has 0 unspecified atom stereocenters. The Bertz CT molecular complexity index is 953. The lowest BCUT2D eigenvalue weighted by Crippen LogP contribution is -2.62. The minimum Gasteiger partial charge on any atom is -0.444 e. The third-order valence-electron chi connectivity index (χ3n) is 4.36. The van der Waals surface area contributed by atoms with Crippen LogP contribution in [0.2, 0.25) is 0 Å². The van der Waals surface area contributed by atoms with Crippen molar-refractivity contribution in [2.75, 3.05) is 25.0 Å². The molecule has 0 bridgehead atoms. The van der Waals surface area contributed by atoms with E-state index >= 15 is 0 Å². The zero-order chi connectivity index (χ0) is 22.1. The van der Waals surface area contributed by atoms with Gasteiger partial charge in [0.25, 0.3) is 0 Å². The van der Waals surface area contributed by atoms with Gasteiger partial charge in [0.2, 0.25) is 5.91 Å². The Hall–Kier alpha value is -3.11. The SMILES string of the molecule is CC(C)(C)OC(=O)N1CC(NC(=O)CNc2c(C(F)(F)F)ccc3cnncc23)C1. The summed E-state index contributed by atoms with van der Waals surface area (Å²) in [5, 5.41) is 13.2. The molecule has 3 rings (SSSR count). The van der Waals surface area contributed by atoms with Crippen LogP contribution in [0, 0.1) is 0 Å². The number of fused-ring (bicyclic) bond motifs is 1. The second kappa shape index (κ2) is 7.96. The minimum atomic E-state index is -4.60. The van der Waals surface area contributed by atoms with Gasteiger partial charge in [-0.25, -0.2) is 4.79 Å². The predicted molar refractivity (Wildman–Crippen MR) is 103 cm³/mol. The number of alkyl halides is 3. The quantitative estimate of drug-likeness (QED) is 0.782. The highest BCUT2D eigenvalue weighted by Crippen LogP contribution is 2.38. The fourth-order valence-corrected chi connectivity index (χ4v) is 2.99. The maximum absolute atomic E-state index is 13.4. The number of hydrogen-bond donors (Lipinski definition) is 2. The molecule has 11 heteroatoms. The highest BCUT2D eigenvalue weighted by molar-refractivity contribution is 5.96. The van der Waals surface area contributed by atoms with E-state index in [1.54, 1.807) is 20.8 Å². The standard InChI is InChI=1S/C19H22F3N5O3/c1-18(2,3)30-17(29)27-9-12(10-27)26-15(28)8-23-16-13-7-25-24-6-11(13)4-5-14(16)19(20,21)22/h4-7,12,23H,8-10H2,1-3H3,(H,26,28). The number of aromatic nitrogens is 2. The molecular formula is C19H22F3N5O3. The van der Waals surface area contributed by atoms with Crippen molar-refractivity contribution in [1.82, 2.24) is 20.4 Å². The number of benzene rings is 1. The minimum absolute atomic E-state index is 0.215. The number of likely N-dealkylation sites (tertiary alicyclic amines) is 1. The molecule has 30 heavy (non-hydrogen) atoms. The van der Waals surface area contributed by atoms with Gasteiger partial charge in [-0.15, -0.1) is 0 Å². The molecule has 2 amide bonds. The molecule has 0 aliphatic carbocycles. The van der Waals surface area contributed by atoms with Gasteiger partial charge in [0, 0.05) is 23.9 Å². The topological polar surface area (TPSA) is 96.5 Å². The molecule has 0 radical (unpaired) electrons. The zero-order valence-corrected chi connectivity index (χ0v) is 16.7. The van der Waals surface area contributed by atoms with E-state index in [0.29, 0.717) is 5.39 Å². The largest absolute Gasteiger partial charge is 0.444 e. The molecule has 8 nitrogen and oxygen atoms in total. The number of hydrogen-bond acceptors (Lipinski definition) is 6. The second-order valence-electron chi connectivity index (χ2n) is 7.98. The molecule has 1 saturated heterocycles. The molecule has 1 aromatic carbocycles. The first kappa shape index (κ1) is 21.6. The summed E-state index contributed by atoms with van der Waals surface area (Å²) in [6.07, 6.45) is -2.51. The van der Waals surface area contributed by atoms with E-state index in [0.717, 1.165) is 6.07 Å². The second-order valence-corrected chi connectivity index (χ2v) is 7.98. The molecule has 0 saturated carbocycles. The average molecular weight is 425 g/mol. The molecule has 1 aromatic heterocycles. The van der Waals surface area contributed by atoms with Crippen molar-refractivity contribution in [2.24, 2.45) is 0 Å². The van der Waals surface area contributed by atoms with Crippen LogP contribution >= 0.6 is 0 Å². The van der Waals surface area contributed by atoms with Crippen molar-refractivity contribution in [3.8, 4) is 0 Å². The monoisotopic (exact) mass is 425 g/mol. The van der Waals surface area contributed by atoms with Crippen molar-refractivity contribution in [3.63, 3.8) is 0 Å². The fourth-order valence-electron chi connectivity index (χ4n) is 2.99. The van der Waals surface area contributed by atoms with E-state index in [4.69, 9.17) is 4.74 Å². The summed E-state index contributed by atoms with van der Waals surface area (Å²) in [6.45, 7) is 5.45. The molecule has 2 heterocycles. The van der Waals surface area contributed by atoms with Crippen LogP contribution in [0.3, 0.4) is 0 Å². The number of anilines is 1. The van der Waals surface area contributed by atoms with Crippen molar-refractivity contribution >= 4 is 28.5 Å². The third kappa shape index (κ3) is 5.08. The Morgan fingerprint density at radius 2 is 1.83 bits per heavy atom. The van der Waals surface area contributed by atoms with Gasteiger partial charge < -0.3 is 20.3 Å². The van der Waals surface area contributed by atoms with Gasteiger partial charge >= 0.3 is 12.3 Å². The van der Waals surface area contributed by atoms with Crippen LogP contribution < -0.4 is 10.6 Å². The van der Waals surface area contributed by atoms with E-state index < -0.39 is 29.3 Å². The summed E-state index contributed by atoms with van der Waals surface area (Å²) in [7, 11) is 0. The van der Waals surface area contributed by atoms with Crippen molar-refractivity contribution in [1.29, 1.82) is 0 Å². The van der Waals surface area contributed by atoms with Crippen LogP contribution in [0.4, 0.5) is 23.7 Å². The first-order valence-electron chi connectivity index (χ1n) is 9.26. The smallest absolute Gasteiger partial charge is 0.418 e. The highest BCUT2D eigenvalue weighted by Gasteiger charge is 2.36. The molecule has 162 valence electrons. The molecule has 1 fully saturated rings. The van der Waals surface area contributed by atoms with Crippen LogP contribution in [0.1, 0.15) is 26.3 Å². The Morgan fingerprint density at radius 3 is 2.47 bits per heavy atom. The number of amides is 2. The Labute approximate surface area is 170 Å². The fraction of sp³-hybridized carbons (Fsp3) is 0.474. The van der Waals surface area contributed by atoms with Gasteiger partial charge in [-0.1, -0.05) is 6.07 Å². The third-order valence-corrected chi connectivity index (χ3v) is 4.36. The maximum atomic E-state index is 13.4. The van der Waals surface area contributed by atoms with E-state index in [1.807, 2.05) is 0 Å². The van der Waals surface area contributed by atoms with Crippen molar-refractivity contribution < 1.29 is 27.5 Å². The summed E-state index contributed by atoms with van der Waals surface area (Å²) in [5.41, 5.74) is -1.74. The number of nitrogens with zero attached hydrogens (tertiary/aromatic N) is 3. The zero-order valence-electron chi connectivity index (χ0n) is 16.7. The molecular weight excluding hydrogens is 403 g/mol. The Balaban J connectivity index is 1.60. The Kier molecular flexibility index (Phi) is 5.73. The summed E-state index contributed by atoms with van der Waals surface area (Å²) >= 11 is 0. The molecule has 2 N–H and O–H groups in total. The number of halogens is 3. The van der Waals surface area contributed by atoms with E-state index in [-0.39, 0.29) is 36.7 Å². The van der Waals surface area contributed by atoms with Crippen LogP contribution in [0.5, 0.6) is 0 Å². The molecule has 1 aliphatic rings. The normalized spacial score (nSPS) is 14.9. The van der Waals surface area contributed by atoms with Crippen molar-refractivity contribution in [2.45, 2.75) is 38.6 Å². The summed E-state index contributed by atoms with van der Waals surface area (Å²) in [4.78, 5) is 25.5. The Morgan fingerprint density at radius 1 is 1.17 bits per heavy atom. The maximum Gasteiger partial charge on any atom is 0.418 e. The van der Waals surface area contributed by atoms with Gasteiger partial charge in [0.1, 0.15) is 5.60 Å². The highest BCUT2D eigenvalue weighted by atomic mass is 19.4. The summed E-state index contributed by atoms with van der Waals surface area (Å²) in [5.74, 6) is -0.490. The number of carbonyl (C=O) groups is 2. The van der Waals surface area contributed by atoms with Gasteiger partial charge in [-0.3, -0.25) is 4.79 Å². The number of rotatable bonds is 4. The van der Waals surface area contributed by atoms with Crippen LogP contribution in [-0.4, -0.2) is 58.4 Å². The number of ether oxygens (including phenoxy) is 1. The lowest BCUT2D eigenvalue weighted by molar-refractivity contribution is -0.137. The molecule has 2 aromatic rings. The average Bonchev–Trinajstić information content (AvgIpc) is 2.59. The van der Waals surface area contributed by atoms with Gasteiger partial charge in [0.15, 0.2) is 0 Å². The molecule has 1 aliphatic heterocycles. The molecule has 0 atom stereocenters. The van der Waals surface area contributed by atoms with Gasteiger partial charge in [-0.05, 0) is 26.8 Å². The number of nitrogens with one attached hydrogen (secondary N) is 2. The van der Waals surface area contributed by atoms with Gasteiger partial charge in [-0.2, -0.15) is 23.4 Å². The predicted octanol–water partition coefficient (Wildman–Crippen LogP) is 2.80. The first-order valence-corrected chi connectivity index (χ1v) is 9.26.